The number of aromatic nitrogens is 2. The van der Waals surface area contributed by atoms with Gasteiger partial charge >= 0.3 is 0 Å². The van der Waals surface area contributed by atoms with Crippen molar-refractivity contribution in [2.75, 3.05) is 39.3 Å². The van der Waals surface area contributed by atoms with E-state index in [1.165, 1.54) is 25.9 Å². The highest BCUT2D eigenvalue weighted by Gasteiger charge is 2.41. The molecule has 0 bridgehead atoms. The Bertz CT molecular complexity index is 456. The lowest BCUT2D eigenvalue weighted by molar-refractivity contribution is -0.132. The molecule has 2 N–H and O–H groups in total. The molecule has 1 aromatic heterocycles. The predicted octanol–water partition coefficient (Wildman–Crippen LogP) is 1.02. The normalized spacial score (nSPS) is 20.3. The molecule has 2 saturated heterocycles. The number of likely N-dealkylation sites (tertiary alicyclic amines) is 1. The van der Waals surface area contributed by atoms with Gasteiger partial charge in [0.2, 0.25) is 5.91 Å². The maximum Gasteiger partial charge on any atom is 0.248 e. The van der Waals surface area contributed by atoms with Gasteiger partial charge in [0.05, 0.1) is 0 Å². The Morgan fingerprint density at radius 2 is 1.91 bits per heavy atom. The largest absolute Gasteiger partial charge is 0.353 e. The van der Waals surface area contributed by atoms with Gasteiger partial charge in [-0.15, -0.1) is 24.8 Å². The van der Waals surface area contributed by atoms with Crippen LogP contribution in [0.4, 0.5) is 0 Å². The van der Waals surface area contributed by atoms with Gasteiger partial charge in [-0.05, 0) is 57.9 Å². The third-order valence-electron chi connectivity index (χ3n) is 4.71. The van der Waals surface area contributed by atoms with E-state index in [0.717, 1.165) is 39.0 Å². The summed E-state index contributed by atoms with van der Waals surface area (Å²) in [6.45, 7) is 5.75. The van der Waals surface area contributed by atoms with Gasteiger partial charge in [-0.1, -0.05) is 0 Å². The van der Waals surface area contributed by atoms with E-state index >= 15 is 0 Å². The van der Waals surface area contributed by atoms with Crippen molar-refractivity contribution in [2.45, 2.75) is 31.2 Å². The van der Waals surface area contributed by atoms with Gasteiger partial charge in [0.25, 0.3) is 0 Å². The Balaban J connectivity index is 0.00000132. The SMILES string of the molecule is Cl.Cl.O=C(NCCN1CCCC1)C1(n2cccn2)CCNCC1. The van der Waals surface area contributed by atoms with E-state index in [2.05, 4.69) is 20.6 Å². The number of hydrogen-bond donors (Lipinski definition) is 2. The summed E-state index contributed by atoms with van der Waals surface area (Å²) < 4.78 is 1.85. The summed E-state index contributed by atoms with van der Waals surface area (Å²) in [5, 5.41) is 10.8. The van der Waals surface area contributed by atoms with Gasteiger partial charge in [0.1, 0.15) is 5.54 Å². The molecular weight excluding hydrogens is 337 g/mol. The lowest BCUT2D eigenvalue weighted by atomic mass is 9.87. The molecule has 1 amide bonds. The first-order valence-electron chi connectivity index (χ1n) is 8.03. The second-order valence-electron chi connectivity index (χ2n) is 6.04. The highest BCUT2D eigenvalue weighted by Crippen LogP contribution is 2.27. The molecule has 2 aliphatic heterocycles. The summed E-state index contributed by atoms with van der Waals surface area (Å²) in [7, 11) is 0. The van der Waals surface area contributed by atoms with Crippen LogP contribution in [0.1, 0.15) is 25.7 Å². The molecule has 0 aliphatic carbocycles. The fourth-order valence-corrected chi connectivity index (χ4v) is 3.42. The van der Waals surface area contributed by atoms with E-state index in [1.54, 1.807) is 6.20 Å². The first-order chi connectivity index (χ1) is 10.3. The van der Waals surface area contributed by atoms with Crippen LogP contribution in [0.2, 0.25) is 0 Å². The minimum atomic E-state index is -0.514. The molecule has 3 rings (SSSR count). The van der Waals surface area contributed by atoms with Gasteiger partial charge < -0.3 is 15.5 Å². The van der Waals surface area contributed by atoms with Crippen LogP contribution >= 0.6 is 24.8 Å². The van der Waals surface area contributed by atoms with Crippen LogP contribution in [0, 0.1) is 0 Å². The van der Waals surface area contributed by atoms with E-state index in [-0.39, 0.29) is 30.7 Å². The van der Waals surface area contributed by atoms with E-state index in [4.69, 9.17) is 0 Å². The molecule has 132 valence electrons. The minimum absolute atomic E-state index is 0. The highest BCUT2D eigenvalue weighted by molar-refractivity contribution is 5.85. The number of carbonyl (C=O) groups excluding carboxylic acids is 1. The van der Waals surface area contributed by atoms with Crippen LogP contribution in [0.5, 0.6) is 0 Å². The Morgan fingerprint density at radius 3 is 2.52 bits per heavy atom. The van der Waals surface area contributed by atoms with Crippen LogP contribution in [0.3, 0.4) is 0 Å². The number of rotatable bonds is 5. The average molecular weight is 364 g/mol. The monoisotopic (exact) mass is 363 g/mol. The van der Waals surface area contributed by atoms with Crippen molar-refractivity contribution in [3.8, 4) is 0 Å². The second kappa shape index (κ2) is 9.47. The van der Waals surface area contributed by atoms with Gasteiger partial charge in [-0.25, -0.2) is 0 Å². The molecule has 0 unspecified atom stereocenters. The smallest absolute Gasteiger partial charge is 0.248 e. The average Bonchev–Trinajstić information content (AvgIpc) is 3.21. The van der Waals surface area contributed by atoms with Crippen LogP contribution in [0.15, 0.2) is 18.5 Å². The molecule has 0 spiro atoms. The molecule has 8 heteroatoms. The number of carbonyl (C=O) groups is 1. The molecule has 6 nitrogen and oxygen atoms in total. The zero-order valence-corrected chi connectivity index (χ0v) is 15.0. The van der Waals surface area contributed by atoms with Crippen LogP contribution < -0.4 is 10.6 Å². The van der Waals surface area contributed by atoms with E-state index in [1.807, 2.05) is 16.9 Å². The number of nitrogens with zero attached hydrogens (tertiary/aromatic N) is 3. The van der Waals surface area contributed by atoms with Crippen molar-refractivity contribution in [1.82, 2.24) is 25.3 Å². The third-order valence-corrected chi connectivity index (χ3v) is 4.71. The molecule has 0 saturated carbocycles. The summed E-state index contributed by atoms with van der Waals surface area (Å²) >= 11 is 0. The number of nitrogens with one attached hydrogen (secondary N) is 2. The summed E-state index contributed by atoms with van der Waals surface area (Å²) in [6, 6.07) is 1.89. The lowest BCUT2D eigenvalue weighted by Crippen LogP contribution is -2.55. The quantitative estimate of drug-likeness (QED) is 0.819. The first-order valence-corrected chi connectivity index (χ1v) is 8.03. The number of hydrogen-bond acceptors (Lipinski definition) is 4. The zero-order chi connectivity index (χ0) is 14.5. The van der Waals surface area contributed by atoms with Crippen molar-refractivity contribution >= 4 is 30.7 Å². The number of amides is 1. The maximum absolute atomic E-state index is 12.8. The third kappa shape index (κ3) is 4.59. The molecule has 23 heavy (non-hydrogen) atoms. The molecule has 2 fully saturated rings. The van der Waals surface area contributed by atoms with Gasteiger partial charge in [0, 0.05) is 25.5 Å². The number of piperidine rings is 1. The highest BCUT2D eigenvalue weighted by atomic mass is 35.5. The maximum atomic E-state index is 12.8. The van der Waals surface area contributed by atoms with Crippen molar-refractivity contribution in [1.29, 1.82) is 0 Å². The second-order valence-corrected chi connectivity index (χ2v) is 6.04. The molecule has 0 aromatic carbocycles. The fraction of sp³-hybridized carbons (Fsp3) is 0.733. The molecule has 2 aliphatic rings. The predicted molar refractivity (Wildman–Crippen MR) is 95.5 cm³/mol. The Kier molecular flexibility index (Phi) is 8.33. The standard InChI is InChI=1S/C15H25N5O.2ClH/c21-14(17-9-13-19-10-1-2-11-19)15(4-7-16-8-5-15)20-12-3-6-18-20;;/h3,6,12,16H,1-2,4-5,7-11,13H2,(H,17,21);2*1H. The van der Waals surface area contributed by atoms with Crippen LogP contribution in [-0.4, -0.2) is 59.9 Å². The topological polar surface area (TPSA) is 62.2 Å². The zero-order valence-electron chi connectivity index (χ0n) is 13.4. The van der Waals surface area contributed by atoms with Crippen molar-refractivity contribution < 1.29 is 4.79 Å². The lowest BCUT2D eigenvalue weighted by Gasteiger charge is -2.36. The van der Waals surface area contributed by atoms with Crippen molar-refractivity contribution in [3.63, 3.8) is 0 Å². The van der Waals surface area contributed by atoms with Crippen molar-refractivity contribution in [2.24, 2.45) is 0 Å². The summed E-state index contributed by atoms with van der Waals surface area (Å²) in [6.07, 6.45) is 7.83. The van der Waals surface area contributed by atoms with E-state index < -0.39 is 5.54 Å². The molecule has 3 heterocycles. The van der Waals surface area contributed by atoms with Crippen LogP contribution in [-0.2, 0) is 10.3 Å². The molecular formula is C15H27Cl2N5O. The fourth-order valence-electron chi connectivity index (χ4n) is 3.42. The minimum Gasteiger partial charge on any atom is -0.353 e. The Hall–Kier alpha value is -0.820. The molecule has 0 atom stereocenters. The Labute approximate surface area is 150 Å². The molecule has 1 aromatic rings. The molecule has 0 radical (unpaired) electrons. The van der Waals surface area contributed by atoms with E-state index in [9.17, 15) is 4.79 Å². The summed E-state index contributed by atoms with van der Waals surface area (Å²) in [5.74, 6) is 0.117. The summed E-state index contributed by atoms with van der Waals surface area (Å²) in [4.78, 5) is 15.2. The Morgan fingerprint density at radius 1 is 1.22 bits per heavy atom. The number of halogens is 2. The van der Waals surface area contributed by atoms with Gasteiger partial charge in [0.15, 0.2) is 0 Å². The van der Waals surface area contributed by atoms with Gasteiger partial charge in [-0.2, -0.15) is 5.10 Å². The van der Waals surface area contributed by atoms with Crippen LogP contribution in [0.25, 0.3) is 0 Å². The van der Waals surface area contributed by atoms with Crippen molar-refractivity contribution in [3.05, 3.63) is 18.5 Å². The first kappa shape index (κ1) is 20.2. The summed E-state index contributed by atoms with van der Waals surface area (Å²) in [5.41, 5.74) is -0.514. The van der Waals surface area contributed by atoms with Gasteiger partial charge in [-0.3, -0.25) is 9.48 Å². The van der Waals surface area contributed by atoms with E-state index in [0.29, 0.717) is 0 Å².